The Morgan fingerprint density at radius 2 is 1.97 bits per heavy atom. The fourth-order valence-corrected chi connectivity index (χ4v) is 3.12. The van der Waals surface area contributed by atoms with Crippen molar-refractivity contribution in [3.8, 4) is 5.75 Å². The molecule has 0 spiro atoms. The molecule has 2 aromatic rings. The first kappa shape index (κ1) is 21.6. The Morgan fingerprint density at radius 1 is 1.13 bits per heavy atom. The van der Waals surface area contributed by atoms with Gasteiger partial charge in [-0.1, -0.05) is 13.0 Å². The van der Waals surface area contributed by atoms with Crippen molar-refractivity contribution in [1.82, 2.24) is 5.32 Å². The number of nitrogens with one attached hydrogen (secondary N) is 3. The fraction of sp³-hybridized carbons (Fsp3) is 0.391. The molecular weight excluding hydrogens is 382 g/mol. The van der Waals surface area contributed by atoms with E-state index in [0.717, 1.165) is 37.3 Å². The van der Waals surface area contributed by atoms with Crippen LogP contribution in [0.25, 0.3) is 0 Å². The van der Waals surface area contributed by atoms with Crippen LogP contribution in [0.1, 0.15) is 36.5 Å². The number of hydrogen-bond donors (Lipinski definition) is 3. The topological polar surface area (TPSA) is 88.7 Å². The van der Waals surface area contributed by atoms with Crippen molar-refractivity contribution in [3.63, 3.8) is 0 Å². The highest BCUT2D eigenvalue weighted by Gasteiger charge is 2.16. The Balaban J connectivity index is 1.43. The fourth-order valence-electron chi connectivity index (χ4n) is 3.12. The average Bonchev–Trinajstić information content (AvgIpc) is 3.29. The second-order valence-electron chi connectivity index (χ2n) is 7.20. The molecule has 0 bridgehead atoms. The van der Waals surface area contributed by atoms with Gasteiger partial charge in [-0.15, -0.1) is 0 Å². The van der Waals surface area contributed by atoms with Crippen molar-refractivity contribution < 1.29 is 19.1 Å². The van der Waals surface area contributed by atoms with E-state index in [9.17, 15) is 9.59 Å². The van der Waals surface area contributed by atoms with Crippen LogP contribution >= 0.6 is 0 Å². The minimum Gasteiger partial charge on any atom is -0.494 e. The maximum atomic E-state index is 12.2. The molecule has 0 aliphatic carbocycles. The lowest BCUT2D eigenvalue weighted by atomic mass is 10.2. The normalized spacial score (nSPS) is 15.4. The van der Waals surface area contributed by atoms with Crippen LogP contribution in [0.5, 0.6) is 5.75 Å². The molecule has 0 radical (unpaired) electrons. The molecule has 2 aromatic carbocycles. The minimum atomic E-state index is -0.166. The molecule has 1 fully saturated rings. The molecule has 1 aliphatic heterocycles. The van der Waals surface area contributed by atoms with Gasteiger partial charge in [-0.3, -0.25) is 9.59 Å². The van der Waals surface area contributed by atoms with Gasteiger partial charge in [0.25, 0.3) is 5.91 Å². The molecule has 1 unspecified atom stereocenters. The monoisotopic (exact) mass is 411 g/mol. The zero-order chi connectivity index (χ0) is 21.2. The van der Waals surface area contributed by atoms with E-state index in [1.165, 1.54) is 0 Å². The molecule has 1 atom stereocenters. The summed E-state index contributed by atoms with van der Waals surface area (Å²) in [6.07, 6.45) is 3.08. The van der Waals surface area contributed by atoms with E-state index in [1.807, 2.05) is 25.1 Å². The maximum Gasteiger partial charge on any atom is 0.251 e. The van der Waals surface area contributed by atoms with Gasteiger partial charge in [0, 0.05) is 36.2 Å². The minimum absolute atomic E-state index is 0.116. The quantitative estimate of drug-likeness (QED) is 0.557. The number of hydrogen-bond acceptors (Lipinski definition) is 5. The average molecular weight is 412 g/mol. The summed E-state index contributed by atoms with van der Waals surface area (Å²) in [4.78, 5) is 24.4. The van der Waals surface area contributed by atoms with Crippen molar-refractivity contribution >= 4 is 23.2 Å². The lowest BCUT2D eigenvalue weighted by Gasteiger charge is -2.12. The van der Waals surface area contributed by atoms with Crippen LogP contribution in [0.2, 0.25) is 0 Å². The van der Waals surface area contributed by atoms with Gasteiger partial charge >= 0.3 is 0 Å². The summed E-state index contributed by atoms with van der Waals surface area (Å²) in [6.45, 7) is 4.10. The van der Waals surface area contributed by atoms with Gasteiger partial charge in [0.1, 0.15) is 5.75 Å². The Kier molecular flexibility index (Phi) is 8.09. The van der Waals surface area contributed by atoms with Gasteiger partial charge in [-0.05, 0) is 55.7 Å². The van der Waals surface area contributed by atoms with Crippen LogP contribution in [0, 0.1) is 0 Å². The largest absolute Gasteiger partial charge is 0.494 e. The lowest BCUT2D eigenvalue weighted by molar-refractivity contribution is -0.114. The van der Waals surface area contributed by atoms with Crippen molar-refractivity contribution in [2.24, 2.45) is 0 Å². The summed E-state index contributed by atoms with van der Waals surface area (Å²) in [5, 5.41) is 8.80. The van der Waals surface area contributed by atoms with Gasteiger partial charge in [-0.25, -0.2) is 0 Å². The van der Waals surface area contributed by atoms with Crippen molar-refractivity contribution in [1.29, 1.82) is 0 Å². The molecule has 0 saturated carbocycles. The number of ether oxygens (including phenoxy) is 2. The standard InChI is InChI=1S/C23H29N3O4/c1-2-12-29-20-6-3-5-19(14-20)26-22(27)16-24-18-10-8-17(9-11-18)23(28)25-15-21-7-4-13-30-21/h3,5-6,8-11,14,21,24H,2,4,7,12-13,15-16H2,1H3,(H,25,28)(H,26,27). The Labute approximate surface area is 177 Å². The van der Waals surface area contributed by atoms with Crippen molar-refractivity contribution in [2.45, 2.75) is 32.3 Å². The summed E-state index contributed by atoms with van der Waals surface area (Å²) in [6, 6.07) is 14.4. The maximum absolute atomic E-state index is 12.2. The van der Waals surface area contributed by atoms with Gasteiger partial charge < -0.3 is 25.4 Å². The molecule has 7 nitrogen and oxygen atoms in total. The van der Waals surface area contributed by atoms with Crippen LogP contribution in [-0.4, -0.2) is 44.2 Å². The molecule has 160 valence electrons. The zero-order valence-corrected chi connectivity index (χ0v) is 17.3. The molecule has 1 heterocycles. The van der Waals surface area contributed by atoms with Crippen LogP contribution < -0.4 is 20.7 Å². The third-order valence-corrected chi connectivity index (χ3v) is 4.71. The van der Waals surface area contributed by atoms with E-state index >= 15 is 0 Å². The Hall–Kier alpha value is -3.06. The number of rotatable bonds is 10. The first-order valence-electron chi connectivity index (χ1n) is 10.4. The molecule has 3 rings (SSSR count). The number of carbonyl (C=O) groups is 2. The lowest BCUT2D eigenvalue weighted by Crippen LogP contribution is -2.31. The van der Waals surface area contributed by atoms with E-state index in [4.69, 9.17) is 9.47 Å². The van der Waals surface area contributed by atoms with Gasteiger partial charge in [0.15, 0.2) is 0 Å². The second kappa shape index (κ2) is 11.2. The van der Waals surface area contributed by atoms with E-state index < -0.39 is 0 Å². The summed E-state index contributed by atoms with van der Waals surface area (Å²) in [5.41, 5.74) is 2.03. The van der Waals surface area contributed by atoms with Gasteiger partial charge in [0.2, 0.25) is 5.91 Å². The van der Waals surface area contributed by atoms with Crippen LogP contribution in [0.4, 0.5) is 11.4 Å². The molecule has 0 aromatic heterocycles. The van der Waals surface area contributed by atoms with E-state index in [0.29, 0.717) is 24.4 Å². The molecule has 30 heavy (non-hydrogen) atoms. The smallest absolute Gasteiger partial charge is 0.251 e. The summed E-state index contributed by atoms with van der Waals surface area (Å²) < 4.78 is 11.1. The third-order valence-electron chi connectivity index (χ3n) is 4.71. The predicted octanol–water partition coefficient (Wildman–Crippen LogP) is 3.43. The van der Waals surface area contributed by atoms with Gasteiger partial charge in [0.05, 0.1) is 19.3 Å². The number of anilines is 2. The van der Waals surface area contributed by atoms with E-state index in [1.54, 1.807) is 30.3 Å². The SMILES string of the molecule is CCCOc1cccc(NC(=O)CNc2ccc(C(=O)NCC3CCCO3)cc2)c1. The van der Waals surface area contributed by atoms with Crippen LogP contribution in [-0.2, 0) is 9.53 Å². The van der Waals surface area contributed by atoms with E-state index in [-0.39, 0.29) is 24.5 Å². The zero-order valence-electron chi connectivity index (χ0n) is 17.3. The van der Waals surface area contributed by atoms with Crippen molar-refractivity contribution in [2.75, 3.05) is 36.9 Å². The highest BCUT2D eigenvalue weighted by atomic mass is 16.5. The van der Waals surface area contributed by atoms with Crippen LogP contribution in [0.15, 0.2) is 48.5 Å². The molecule has 1 saturated heterocycles. The summed E-state index contributed by atoms with van der Waals surface area (Å²) in [7, 11) is 0. The highest BCUT2D eigenvalue weighted by Crippen LogP contribution is 2.17. The van der Waals surface area contributed by atoms with Crippen molar-refractivity contribution in [3.05, 3.63) is 54.1 Å². The summed E-state index contributed by atoms with van der Waals surface area (Å²) >= 11 is 0. The second-order valence-corrected chi connectivity index (χ2v) is 7.20. The Bertz CT molecular complexity index is 833. The number of amides is 2. The predicted molar refractivity (Wildman–Crippen MR) is 117 cm³/mol. The van der Waals surface area contributed by atoms with Crippen LogP contribution in [0.3, 0.4) is 0 Å². The first-order valence-corrected chi connectivity index (χ1v) is 10.4. The molecule has 2 amide bonds. The number of benzene rings is 2. The molecule has 1 aliphatic rings. The van der Waals surface area contributed by atoms with E-state index in [2.05, 4.69) is 16.0 Å². The highest BCUT2D eigenvalue weighted by molar-refractivity contribution is 5.95. The van der Waals surface area contributed by atoms with Gasteiger partial charge in [-0.2, -0.15) is 0 Å². The molecular formula is C23H29N3O4. The molecule has 3 N–H and O–H groups in total. The molecule has 7 heteroatoms. The number of carbonyl (C=O) groups excluding carboxylic acids is 2. The Morgan fingerprint density at radius 3 is 2.70 bits per heavy atom. The first-order chi connectivity index (χ1) is 14.6. The third kappa shape index (κ3) is 6.77. The summed E-state index contributed by atoms with van der Waals surface area (Å²) in [5.74, 6) is 0.442.